The van der Waals surface area contributed by atoms with Crippen LogP contribution in [0.4, 0.5) is 0 Å². The third kappa shape index (κ3) is 8.03. The molecular formula is C19H37N3O3. The Morgan fingerprint density at radius 1 is 1.04 bits per heavy atom. The first kappa shape index (κ1) is 20.6. The number of piperazine rings is 1. The number of ether oxygens (including phenoxy) is 2. The van der Waals surface area contributed by atoms with E-state index in [1.165, 1.54) is 0 Å². The van der Waals surface area contributed by atoms with Gasteiger partial charge in [-0.1, -0.05) is 13.8 Å². The van der Waals surface area contributed by atoms with Crippen LogP contribution in [0.3, 0.4) is 0 Å². The number of nitrogens with zero attached hydrogens (tertiary/aromatic N) is 2. The highest BCUT2D eigenvalue weighted by molar-refractivity contribution is 5.77. The van der Waals surface area contributed by atoms with Crippen LogP contribution >= 0.6 is 0 Å². The van der Waals surface area contributed by atoms with E-state index in [9.17, 15) is 4.79 Å². The Hall–Kier alpha value is -0.690. The topological polar surface area (TPSA) is 54.0 Å². The number of carbonyl (C=O) groups excluding carboxylic acids is 1. The van der Waals surface area contributed by atoms with Crippen LogP contribution in [0.2, 0.25) is 0 Å². The number of amides is 1. The van der Waals surface area contributed by atoms with Crippen LogP contribution in [0, 0.1) is 11.8 Å². The van der Waals surface area contributed by atoms with E-state index in [0.29, 0.717) is 13.2 Å². The molecule has 6 heteroatoms. The third-order valence-corrected chi connectivity index (χ3v) is 5.41. The number of carbonyl (C=O) groups is 1. The normalized spacial score (nSPS) is 20.4. The van der Waals surface area contributed by atoms with Gasteiger partial charge in [0.1, 0.15) is 6.61 Å². The molecule has 0 aliphatic carbocycles. The lowest BCUT2D eigenvalue weighted by atomic mass is 9.87. The maximum absolute atomic E-state index is 12.1. The summed E-state index contributed by atoms with van der Waals surface area (Å²) in [6.45, 7) is 13.9. The number of piperidine rings is 1. The molecule has 1 N–H and O–H groups in total. The van der Waals surface area contributed by atoms with Crippen LogP contribution in [0.25, 0.3) is 0 Å². The smallest absolute Gasteiger partial charge is 0.248 e. The molecule has 2 saturated heterocycles. The Balaban J connectivity index is 1.40. The lowest BCUT2D eigenvalue weighted by Gasteiger charge is -2.33. The molecule has 0 aromatic rings. The molecule has 6 nitrogen and oxygen atoms in total. The number of hydrogen-bond donors (Lipinski definition) is 1. The van der Waals surface area contributed by atoms with Gasteiger partial charge in [0.25, 0.3) is 0 Å². The van der Waals surface area contributed by atoms with Crippen LogP contribution in [0.1, 0.15) is 33.1 Å². The molecule has 0 unspecified atom stereocenters. The molecule has 0 aromatic carbocycles. The van der Waals surface area contributed by atoms with Gasteiger partial charge >= 0.3 is 0 Å². The predicted octanol–water partition coefficient (Wildman–Crippen LogP) is 1.21. The molecule has 2 rings (SSSR count). The van der Waals surface area contributed by atoms with Crippen molar-refractivity contribution in [1.82, 2.24) is 15.1 Å². The zero-order valence-corrected chi connectivity index (χ0v) is 16.2. The number of nitrogens with one attached hydrogen (secondary N) is 1. The molecule has 0 bridgehead atoms. The van der Waals surface area contributed by atoms with E-state index in [4.69, 9.17) is 9.47 Å². The highest BCUT2D eigenvalue weighted by Gasteiger charge is 2.24. The summed E-state index contributed by atoms with van der Waals surface area (Å²) < 4.78 is 11.1. The Morgan fingerprint density at radius 3 is 2.40 bits per heavy atom. The first-order valence-corrected chi connectivity index (χ1v) is 10.0. The average molecular weight is 356 g/mol. The fourth-order valence-electron chi connectivity index (χ4n) is 3.61. The van der Waals surface area contributed by atoms with Gasteiger partial charge in [0.05, 0.1) is 13.2 Å². The van der Waals surface area contributed by atoms with Gasteiger partial charge in [0.2, 0.25) is 5.91 Å². The second-order valence-electron chi connectivity index (χ2n) is 7.57. The van der Waals surface area contributed by atoms with E-state index >= 15 is 0 Å². The van der Waals surface area contributed by atoms with Crippen LogP contribution in [0.5, 0.6) is 0 Å². The van der Waals surface area contributed by atoms with Gasteiger partial charge in [-0.15, -0.1) is 0 Å². The Bertz CT molecular complexity index is 365. The highest BCUT2D eigenvalue weighted by Crippen LogP contribution is 2.24. The van der Waals surface area contributed by atoms with Gasteiger partial charge in [-0.2, -0.15) is 0 Å². The number of likely N-dealkylation sites (tertiary alicyclic amines) is 1. The molecule has 1 amide bonds. The summed E-state index contributed by atoms with van der Waals surface area (Å²) >= 11 is 0. The van der Waals surface area contributed by atoms with E-state index in [-0.39, 0.29) is 12.5 Å². The van der Waals surface area contributed by atoms with Crippen molar-refractivity contribution < 1.29 is 14.3 Å². The molecule has 0 atom stereocenters. The summed E-state index contributed by atoms with van der Waals surface area (Å²) in [5.41, 5.74) is 0. The summed E-state index contributed by atoms with van der Waals surface area (Å²) in [7, 11) is 0. The van der Waals surface area contributed by atoms with Gasteiger partial charge in [-0.25, -0.2) is 0 Å². The van der Waals surface area contributed by atoms with E-state index in [0.717, 1.165) is 83.5 Å². The van der Waals surface area contributed by atoms with Crippen molar-refractivity contribution in [2.75, 3.05) is 72.2 Å². The third-order valence-electron chi connectivity index (χ3n) is 5.41. The molecule has 2 heterocycles. The second-order valence-corrected chi connectivity index (χ2v) is 7.57. The second kappa shape index (κ2) is 11.8. The summed E-state index contributed by atoms with van der Waals surface area (Å²) in [6, 6.07) is 0. The Kier molecular flexibility index (Phi) is 9.76. The van der Waals surface area contributed by atoms with Crippen molar-refractivity contribution in [3.8, 4) is 0 Å². The molecule has 0 spiro atoms. The van der Waals surface area contributed by atoms with Gasteiger partial charge in [-0.3, -0.25) is 4.79 Å². The summed E-state index contributed by atoms with van der Waals surface area (Å²) in [5, 5.41) is 3.36. The lowest BCUT2D eigenvalue weighted by molar-refractivity contribution is -0.138. The minimum atomic E-state index is 0.126. The first-order chi connectivity index (χ1) is 12.2. The van der Waals surface area contributed by atoms with Gasteiger partial charge < -0.3 is 24.6 Å². The average Bonchev–Trinajstić information content (AvgIpc) is 2.64. The van der Waals surface area contributed by atoms with Gasteiger partial charge in [-0.05, 0) is 31.1 Å². The number of rotatable bonds is 10. The Labute approximate surface area is 153 Å². The molecule has 0 radical (unpaired) electrons. The maximum Gasteiger partial charge on any atom is 0.248 e. The Morgan fingerprint density at radius 2 is 1.72 bits per heavy atom. The molecule has 2 fully saturated rings. The molecular weight excluding hydrogens is 318 g/mol. The van der Waals surface area contributed by atoms with Crippen molar-refractivity contribution >= 4 is 5.91 Å². The minimum absolute atomic E-state index is 0.126. The molecule has 0 saturated carbocycles. The SMILES string of the molecule is CC(C)C1CCN(C(=O)COCCOCCCN2CCNCC2)CC1. The summed E-state index contributed by atoms with van der Waals surface area (Å²) in [6.07, 6.45) is 3.31. The zero-order valence-electron chi connectivity index (χ0n) is 16.2. The first-order valence-electron chi connectivity index (χ1n) is 10.0. The molecule has 25 heavy (non-hydrogen) atoms. The van der Waals surface area contributed by atoms with Crippen LogP contribution < -0.4 is 5.32 Å². The van der Waals surface area contributed by atoms with E-state index in [1.807, 2.05) is 4.90 Å². The zero-order chi connectivity index (χ0) is 17.9. The molecule has 2 aliphatic heterocycles. The lowest BCUT2D eigenvalue weighted by Crippen LogP contribution is -2.43. The largest absolute Gasteiger partial charge is 0.379 e. The van der Waals surface area contributed by atoms with Crippen molar-refractivity contribution in [2.45, 2.75) is 33.1 Å². The van der Waals surface area contributed by atoms with Crippen LogP contribution in [-0.4, -0.2) is 87.9 Å². The summed E-state index contributed by atoms with van der Waals surface area (Å²) in [4.78, 5) is 16.6. The predicted molar refractivity (Wildman–Crippen MR) is 99.7 cm³/mol. The van der Waals surface area contributed by atoms with Crippen molar-refractivity contribution in [1.29, 1.82) is 0 Å². The van der Waals surface area contributed by atoms with Crippen molar-refractivity contribution in [3.05, 3.63) is 0 Å². The van der Waals surface area contributed by atoms with Crippen LogP contribution in [0.15, 0.2) is 0 Å². The fraction of sp³-hybridized carbons (Fsp3) is 0.947. The maximum atomic E-state index is 12.1. The molecule has 146 valence electrons. The van der Waals surface area contributed by atoms with E-state index < -0.39 is 0 Å². The minimum Gasteiger partial charge on any atom is -0.379 e. The fourth-order valence-corrected chi connectivity index (χ4v) is 3.61. The van der Waals surface area contributed by atoms with Crippen molar-refractivity contribution in [3.63, 3.8) is 0 Å². The van der Waals surface area contributed by atoms with Gasteiger partial charge in [0, 0.05) is 52.4 Å². The van der Waals surface area contributed by atoms with Crippen molar-refractivity contribution in [2.24, 2.45) is 11.8 Å². The standard InChI is InChI=1S/C19H37N3O3/c1-17(2)18-4-9-22(10-5-18)19(23)16-25-15-14-24-13-3-8-21-11-6-20-7-12-21/h17-18,20H,3-16H2,1-2H3. The van der Waals surface area contributed by atoms with E-state index in [1.54, 1.807) is 0 Å². The van der Waals surface area contributed by atoms with E-state index in [2.05, 4.69) is 24.1 Å². The number of hydrogen-bond acceptors (Lipinski definition) is 5. The molecule has 2 aliphatic rings. The monoisotopic (exact) mass is 355 g/mol. The van der Waals surface area contributed by atoms with Gasteiger partial charge in [0.15, 0.2) is 0 Å². The highest BCUT2D eigenvalue weighted by atomic mass is 16.5. The summed E-state index contributed by atoms with van der Waals surface area (Å²) in [5.74, 6) is 1.61. The quantitative estimate of drug-likeness (QED) is 0.597. The molecule has 0 aromatic heterocycles. The van der Waals surface area contributed by atoms with Crippen LogP contribution in [-0.2, 0) is 14.3 Å².